The molecule has 1 aromatic heterocycles. The van der Waals surface area contributed by atoms with Crippen molar-refractivity contribution in [3.8, 4) is 0 Å². The average Bonchev–Trinajstić information content (AvgIpc) is 2.30. The Kier molecular flexibility index (Phi) is 5.93. The highest BCUT2D eigenvalue weighted by Gasteiger charge is 2.11. The van der Waals surface area contributed by atoms with E-state index in [0.717, 1.165) is 6.42 Å². The molecule has 1 heterocycles. The number of hydrogen-bond donors (Lipinski definition) is 2. The zero-order chi connectivity index (χ0) is 12.7. The van der Waals surface area contributed by atoms with Gasteiger partial charge in [-0.2, -0.15) is 0 Å². The molecule has 0 spiro atoms. The van der Waals surface area contributed by atoms with Crippen molar-refractivity contribution in [3.05, 3.63) is 22.3 Å². The molecule has 0 bridgehead atoms. The molecule has 6 heteroatoms. The monoisotopic (exact) mass is 302 g/mol. The fraction of sp³-hybridized carbons (Fsp3) is 0.455. The van der Waals surface area contributed by atoms with Gasteiger partial charge in [0.2, 0.25) is 0 Å². The summed E-state index contributed by atoms with van der Waals surface area (Å²) in [6.07, 6.45) is 2.38. The highest BCUT2D eigenvalue weighted by molar-refractivity contribution is 9.10. The number of anilines is 1. The SMILES string of the molecule is CCOCCCNc1ncc(Br)cc1C(=O)O. The fourth-order valence-electron chi connectivity index (χ4n) is 1.27. The first-order valence-electron chi connectivity index (χ1n) is 5.35. The first kappa shape index (κ1) is 13.9. The van der Waals surface area contributed by atoms with E-state index in [1.54, 1.807) is 6.20 Å². The number of nitrogens with one attached hydrogen (secondary N) is 1. The first-order valence-corrected chi connectivity index (χ1v) is 6.15. The summed E-state index contributed by atoms with van der Waals surface area (Å²) in [5, 5.41) is 12.0. The number of nitrogens with zero attached hydrogens (tertiary/aromatic N) is 1. The quantitative estimate of drug-likeness (QED) is 0.757. The van der Waals surface area contributed by atoms with Crippen molar-refractivity contribution in [3.63, 3.8) is 0 Å². The lowest BCUT2D eigenvalue weighted by Gasteiger charge is -2.08. The Balaban J connectivity index is 2.55. The largest absolute Gasteiger partial charge is 0.478 e. The number of hydrogen-bond acceptors (Lipinski definition) is 4. The summed E-state index contributed by atoms with van der Waals surface area (Å²) in [4.78, 5) is 15.0. The molecule has 2 N–H and O–H groups in total. The van der Waals surface area contributed by atoms with Crippen LogP contribution in [0.1, 0.15) is 23.7 Å². The molecule has 1 aromatic rings. The van der Waals surface area contributed by atoms with Crippen LogP contribution in [0.3, 0.4) is 0 Å². The van der Waals surface area contributed by atoms with Gasteiger partial charge in [-0.15, -0.1) is 0 Å². The van der Waals surface area contributed by atoms with Gasteiger partial charge in [-0.3, -0.25) is 0 Å². The van der Waals surface area contributed by atoms with Crippen molar-refractivity contribution in [2.45, 2.75) is 13.3 Å². The van der Waals surface area contributed by atoms with E-state index < -0.39 is 5.97 Å². The van der Waals surface area contributed by atoms with Crippen molar-refractivity contribution < 1.29 is 14.6 Å². The predicted octanol–water partition coefficient (Wildman–Crippen LogP) is 2.38. The molecule has 0 radical (unpaired) electrons. The van der Waals surface area contributed by atoms with Crippen LogP contribution in [0.4, 0.5) is 5.82 Å². The van der Waals surface area contributed by atoms with E-state index in [2.05, 4.69) is 26.2 Å². The summed E-state index contributed by atoms with van der Waals surface area (Å²) in [7, 11) is 0. The molecule has 1 rings (SSSR count). The number of carboxylic acids is 1. The molecular weight excluding hydrogens is 288 g/mol. The smallest absolute Gasteiger partial charge is 0.339 e. The average molecular weight is 303 g/mol. The van der Waals surface area contributed by atoms with Crippen molar-refractivity contribution >= 4 is 27.7 Å². The van der Waals surface area contributed by atoms with Crippen molar-refractivity contribution in [2.75, 3.05) is 25.1 Å². The van der Waals surface area contributed by atoms with Gasteiger partial charge in [0.25, 0.3) is 0 Å². The Labute approximate surface area is 108 Å². The first-order chi connectivity index (χ1) is 8.15. The summed E-state index contributed by atoms with van der Waals surface area (Å²) in [6, 6.07) is 1.53. The molecule has 0 saturated carbocycles. The number of aromatic carboxylic acids is 1. The number of aromatic nitrogens is 1. The molecule has 94 valence electrons. The van der Waals surface area contributed by atoms with E-state index in [1.807, 2.05) is 6.92 Å². The predicted molar refractivity (Wildman–Crippen MR) is 68.5 cm³/mol. The molecule has 0 unspecified atom stereocenters. The second-order valence-corrected chi connectivity index (χ2v) is 4.25. The molecule has 0 aliphatic carbocycles. The number of rotatable bonds is 7. The van der Waals surface area contributed by atoms with Crippen LogP contribution in [0, 0.1) is 0 Å². The third-order valence-electron chi connectivity index (χ3n) is 2.05. The lowest BCUT2D eigenvalue weighted by molar-refractivity contribution is 0.0697. The maximum Gasteiger partial charge on any atom is 0.339 e. The van der Waals surface area contributed by atoms with Crippen LogP contribution in [-0.2, 0) is 4.74 Å². The van der Waals surface area contributed by atoms with Gasteiger partial charge < -0.3 is 15.2 Å². The van der Waals surface area contributed by atoms with Crippen LogP contribution >= 0.6 is 15.9 Å². The number of ether oxygens (including phenoxy) is 1. The molecule has 0 aliphatic heterocycles. The minimum absolute atomic E-state index is 0.163. The van der Waals surface area contributed by atoms with Crippen molar-refractivity contribution in [1.29, 1.82) is 0 Å². The van der Waals surface area contributed by atoms with E-state index in [4.69, 9.17) is 9.84 Å². The summed E-state index contributed by atoms with van der Waals surface area (Å²) >= 11 is 3.19. The lowest BCUT2D eigenvalue weighted by Crippen LogP contribution is -2.11. The highest BCUT2D eigenvalue weighted by Crippen LogP contribution is 2.17. The second-order valence-electron chi connectivity index (χ2n) is 3.33. The molecule has 0 aliphatic rings. The van der Waals surface area contributed by atoms with Gasteiger partial charge in [-0.25, -0.2) is 9.78 Å². The molecule has 5 nitrogen and oxygen atoms in total. The van der Waals surface area contributed by atoms with Crippen LogP contribution in [0.2, 0.25) is 0 Å². The maximum atomic E-state index is 11.0. The van der Waals surface area contributed by atoms with Crippen LogP contribution < -0.4 is 5.32 Å². The van der Waals surface area contributed by atoms with E-state index in [9.17, 15) is 4.79 Å². The second kappa shape index (κ2) is 7.24. The molecule has 0 fully saturated rings. The van der Waals surface area contributed by atoms with Gasteiger partial charge in [0.05, 0.1) is 0 Å². The van der Waals surface area contributed by atoms with E-state index in [1.165, 1.54) is 6.07 Å². The number of carbonyl (C=O) groups is 1. The zero-order valence-electron chi connectivity index (χ0n) is 9.57. The fourth-order valence-corrected chi connectivity index (χ4v) is 1.60. The summed E-state index contributed by atoms with van der Waals surface area (Å²) < 4.78 is 5.83. The van der Waals surface area contributed by atoms with Gasteiger partial charge in [-0.05, 0) is 35.3 Å². The highest BCUT2D eigenvalue weighted by atomic mass is 79.9. The Bertz CT molecular complexity index is 385. The zero-order valence-corrected chi connectivity index (χ0v) is 11.2. The van der Waals surface area contributed by atoms with Gasteiger partial charge in [0.15, 0.2) is 0 Å². The van der Waals surface area contributed by atoms with E-state index in [0.29, 0.717) is 30.0 Å². The standard InChI is InChI=1S/C11H15BrN2O3/c1-2-17-5-3-4-13-10-9(11(15)16)6-8(12)7-14-10/h6-7H,2-5H2,1H3,(H,13,14)(H,15,16). The number of halogens is 1. The topological polar surface area (TPSA) is 71.5 Å². The van der Waals surface area contributed by atoms with E-state index in [-0.39, 0.29) is 5.56 Å². The van der Waals surface area contributed by atoms with Crippen LogP contribution in [0.25, 0.3) is 0 Å². The minimum atomic E-state index is -0.994. The summed E-state index contributed by atoms with van der Waals surface area (Å²) in [5.74, 6) is -0.608. The van der Waals surface area contributed by atoms with Crippen LogP contribution in [0.5, 0.6) is 0 Å². The lowest BCUT2D eigenvalue weighted by atomic mass is 10.2. The molecule has 0 atom stereocenters. The van der Waals surface area contributed by atoms with Gasteiger partial charge in [0.1, 0.15) is 11.4 Å². The molecular formula is C11H15BrN2O3. The molecule has 17 heavy (non-hydrogen) atoms. The van der Waals surface area contributed by atoms with Crippen molar-refractivity contribution in [1.82, 2.24) is 4.98 Å². The number of carboxylic acid groups (broad SMARTS) is 1. The van der Waals surface area contributed by atoms with Gasteiger partial charge in [0, 0.05) is 30.4 Å². The Hall–Kier alpha value is -1.14. The molecule has 0 amide bonds. The van der Waals surface area contributed by atoms with Gasteiger partial charge >= 0.3 is 5.97 Å². The van der Waals surface area contributed by atoms with Gasteiger partial charge in [-0.1, -0.05) is 0 Å². The van der Waals surface area contributed by atoms with Crippen molar-refractivity contribution in [2.24, 2.45) is 0 Å². The van der Waals surface area contributed by atoms with Crippen LogP contribution in [0.15, 0.2) is 16.7 Å². The third-order valence-corrected chi connectivity index (χ3v) is 2.48. The maximum absolute atomic E-state index is 11.0. The minimum Gasteiger partial charge on any atom is -0.478 e. The normalized spacial score (nSPS) is 10.2. The summed E-state index contributed by atoms with van der Waals surface area (Å²) in [5.41, 5.74) is 0.163. The third kappa shape index (κ3) is 4.70. The Morgan fingerprint density at radius 2 is 2.41 bits per heavy atom. The molecule has 0 aromatic carbocycles. The molecule has 0 saturated heterocycles. The van der Waals surface area contributed by atoms with Crippen LogP contribution in [-0.4, -0.2) is 35.8 Å². The Morgan fingerprint density at radius 1 is 1.65 bits per heavy atom. The Morgan fingerprint density at radius 3 is 3.06 bits per heavy atom. The number of pyridine rings is 1. The van der Waals surface area contributed by atoms with E-state index >= 15 is 0 Å². The summed E-state index contributed by atoms with van der Waals surface area (Å²) in [6.45, 7) is 3.92.